The highest BCUT2D eigenvalue weighted by molar-refractivity contribution is 7.99. The van der Waals surface area contributed by atoms with Gasteiger partial charge in [-0.15, -0.1) is 0 Å². The molecule has 2 aliphatic heterocycles. The number of benzene rings is 1. The van der Waals surface area contributed by atoms with Gasteiger partial charge in [0.15, 0.2) is 5.78 Å². The number of hydrogen-bond acceptors (Lipinski definition) is 3. The summed E-state index contributed by atoms with van der Waals surface area (Å²) in [5.41, 5.74) is 0.995. The molecule has 0 radical (unpaired) electrons. The Hall–Kier alpha value is -0.800. The third-order valence-corrected chi connectivity index (χ3v) is 5.76. The van der Waals surface area contributed by atoms with Crippen LogP contribution in [0.25, 0.3) is 0 Å². The number of carbonyl (C=O) groups is 1. The molecule has 2 fully saturated rings. The first-order chi connectivity index (χ1) is 9.77. The Bertz CT molecular complexity index is 451. The van der Waals surface area contributed by atoms with Crippen LogP contribution in [0.5, 0.6) is 0 Å². The lowest BCUT2D eigenvalue weighted by Crippen LogP contribution is -2.39. The Kier molecular flexibility index (Phi) is 4.47. The van der Waals surface area contributed by atoms with Gasteiger partial charge in [-0.1, -0.05) is 30.3 Å². The van der Waals surface area contributed by atoms with E-state index in [9.17, 15) is 4.79 Å². The maximum absolute atomic E-state index is 12.2. The number of hydrogen-bond donors (Lipinski definition) is 0. The van der Waals surface area contributed by atoms with Gasteiger partial charge >= 0.3 is 0 Å². The van der Waals surface area contributed by atoms with Crippen LogP contribution in [0.2, 0.25) is 0 Å². The third-order valence-electron chi connectivity index (χ3n) is 4.54. The molecule has 0 N–H and O–H groups in total. The number of thioether (sulfide) groups is 1. The number of rotatable bonds is 4. The van der Waals surface area contributed by atoms with Gasteiger partial charge in [-0.2, -0.15) is 11.8 Å². The van der Waals surface area contributed by atoms with Gasteiger partial charge in [0.1, 0.15) is 0 Å². The SMILES string of the molecule is O=C(CCC1CCOC2(CCSC2)C1)c1ccccc1. The van der Waals surface area contributed by atoms with Gasteiger partial charge in [-0.3, -0.25) is 4.79 Å². The summed E-state index contributed by atoms with van der Waals surface area (Å²) in [5, 5.41) is 0. The van der Waals surface area contributed by atoms with Crippen molar-refractivity contribution in [2.45, 2.75) is 37.7 Å². The molecule has 2 heterocycles. The second-order valence-corrected chi connectivity index (χ2v) is 7.13. The molecule has 3 heteroatoms. The molecule has 2 aliphatic rings. The topological polar surface area (TPSA) is 26.3 Å². The van der Waals surface area contributed by atoms with Crippen molar-refractivity contribution in [3.63, 3.8) is 0 Å². The van der Waals surface area contributed by atoms with Crippen molar-refractivity contribution >= 4 is 17.5 Å². The summed E-state index contributed by atoms with van der Waals surface area (Å²) < 4.78 is 6.04. The molecule has 0 amide bonds. The quantitative estimate of drug-likeness (QED) is 0.785. The molecule has 2 unspecified atom stereocenters. The zero-order valence-corrected chi connectivity index (χ0v) is 12.7. The molecule has 2 saturated heterocycles. The smallest absolute Gasteiger partial charge is 0.162 e. The minimum absolute atomic E-state index is 0.142. The molecule has 20 heavy (non-hydrogen) atoms. The predicted octanol–water partition coefficient (Wildman–Crippen LogP) is 3.95. The van der Waals surface area contributed by atoms with E-state index in [0.717, 1.165) is 37.2 Å². The van der Waals surface area contributed by atoms with Crippen LogP contribution >= 0.6 is 11.8 Å². The van der Waals surface area contributed by atoms with Crippen molar-refractivity contribution in [1.82, 2.24) is 0 Å². The van der Waals surface area contributed by atoms with E-state index in [1.165, 1.54) is 12.2 Å². The summed E-state index contributed by atoms with van der Waals surface area (Å²) in [7, 11) is 0. The van der Waals surface area contributed by atoms with E-state index >= 15 is 0 Å². The van der Waals surface area contributed by atoms with Crippen LogP contribution in [-0.4, -0.2) is 29.5 Å². The van der Waals surface area contributed by atoms with Crippen LogP contribution in [0.3, 0.4) is 0 Å². The fourth-order valence-electron chi connectivity index (χ4n) is 3.34. The van der Waals surface area contributed by atoms with Crippen LogP contribution in [0.1, 0.15) is 42.5 Å². The van der Waals surface area contributed by atoms with Gasteiger partial charge in [0.2, 0.25) is 0 Å². The normalized spacial score (nSPS) is 29.7. The number of ether oxygens (including phenoxy) is 1. The lowest BCUT2D eigenvalue weighted by molar-refractivity contribution is -0.0804. The van der Waals surface area contributed by atoms with E-state index in [0.29, 0.717) is 12.3 Å². The van der Waals surface area contributed by atoms with Crippen molar-refractivity contribution in [3.05, 3.63) is 35.9 Å². The van der Waals surface area contributed by atoms with E-state index in [1.807, 2.05) is 42.1 Å². The zero-order chi connectivity index (χ0) is 13.8. The van der Waals surface area contributed by atoms with Crippen molar-refractivity contribution in [1.29, 1.82) is 0 Å². The highest BCUT2D eigenvalue weighted by atomic mass is 32.2. The lowest BCUT2D eigenvalue weighted by Gasteiger charge is -2.37. The Balaban J connectivity index is 1.52. The van der Waals surface area contributed by atoms with Gasteiger partial charge in [0.05, 0.1) is 5.60 Å². The maximum atomic E-state index is 12.2. The fourth-order valence-corrected chi connectivity index (χ4v) is 4.72. The standard InChI is InChI=1S/C17H22O2S/c18-16(15-4-2-1-3-5-15)7-6-14-8-10-19-17(12-14)9-11-20-13-17/h1-5,14H,6-13H2. The molecule has 0 saturated carbocycles. The molecule has 0 aromatic heterocycles. The van der Waals surface area contributed by atoms with Gasteiger partial charge < -0.3 is 4.74 Å². The third kappa shape index (κ3) is 3.26. The van der Waals surface area contributed by atoms with E-state index in [1.54, 1.807) is 0 Å². The van der Waals surface area contributed by atoms with Crippen LogP contribution in [0, 0.1) is 5.92 Å². The average molecular weight is 290 g/mol. The van der Waals surface area contributed by atoms with Crippen molar-refractivity contribution in [3.8, 4) is 0 Å². The van der Waals surface area contributed by atoms with E-state index in [4.69, 9.17) is 4.74 Å². The number of carbonyl (C=O) groups excluding carboxylic acids is 1. The number of ketones is 1. The molecule has 1 aromatic carbocycles. The largest absolute Gasteiger partial charge is 0.374 e. The number of Topliss-reactive ketones (excluding diaryl/α,β-unsaturated/α-hetero) is 1. The first kappa shape index (κ1) is 14.2. The minimum Gasteiger partial charge on any atom is -0.374 e. The molecular formula is C17H22O2S. The molecule has 1 aromatic rings. The predicted molar refractivity (Wildman–Crippen MR) is 83.4 cm³/mol. The summed E-state index contributed by atoms with van der Waals surface area (Å²) in [6.07, 6.45) is 5.17. The second kappa shape index (κ2) is 6.31. The highest BCUT2D eigenvalue weighted by Gasteiger charge is 2.40. The first-order valence-electron chi connectivity index (χ1n) is 7.57. The molecule has 108 valence electrons. The van der Waals surface area contributed by atoms with Crippen LogP contribution in [-0.2, 0) is 4.74 Å². The minimum atomic E-state index is 0.142. The Labute approximate surface area is 125 Å². The highest BCUT2D eigenvalue weighted by Crippen LogP contribution is 2.41. The van der Waals surface area contributed by atoms with Gasteiger partial charge in [-0.05, 0) is 37.4 Å². The van der Waals surface area contributed by atoms with E-state index < -0.39 is 0 Å². The molecule has 3 rings (SSSR count). The molecule has 1 spiro atoms. The summed E-state index contributed by atoms with van der Waals surface area (Å²) in [6, 6.07) is 9.67. The molecular weight excluding hydrogens is 268 g/mol. The monoisotopic (exact) mass is 290 g/mol. The van der Waals surface area contributed by atoms with Crippen LogP contribution in [0.15, 0.2) is 30.3 Å². The Morgan fingerprint density at radius 3 is 2.95 bits per heavy atom. The maximum Gasteiger partial charge on any atom is 0.162 e. The van der Waals surface area contributed by atoms with Crippen LogP contribution in [0.4, 0.5) is 0 Å². The molecule has 2 atom stereocenters. The van der Waals surface area contributed by atoms with E-state index in [2.05, 4.69) is 0 Å². The summed E-state index contributed by atoms with van der Waals surface area (Å²) in [6.45, 7) is 0.880. The lowest BCUT2D eigenvalue weighted by atomic mass is 9.82. The average Bonchev–Trinajstić information content (AvgIpc) is 2.93. The van der Waals surface area contributed by atoms with Crippen molar-refractivity contribution in [2.75, 3.05) is 18.1 Å². The van der Waals surface area contributed by atoms with Crippen molar-refractivity contribution in [2.24, 2.45) is 5.92 Å². The summed E-state index contributed by atoms with van der Waals surface area (Å²) >= 11 is 2.01. The molecule has 2 nitrogen and oxygen atoms in total. The zero-order valence-electron chi connectivity index (χ0n) is 11.8. The van der Waals surface area contributed by atoms with Gasteiger partial charge in [0, 0.05) is 24.3 Å². The van der Waals surface area contributed by atoms with Gasteiger partial charge in [0.25, 0.3) is 0 Å². The van der Waals surface area contributed by atoms with Gasteiger partial charge in [-0.25, -0.2) is 0 Å². The van der Waals surface area contributed by atoms with Crippen LogP contribution < -0.4 is 0 Å². The second-order valence-electron chi connectivity index (χ2n) is 6.02. The summed E-state index contributed by atoms with van der Waals surface area (Å²) in [5.74, 6) is 3.33. The molecule has 0 aliphatic carbocycles. The van der Waals surface area contributed by atoms with E-state index in [-0.39, 0.29) is 11.4 Å². The first-order valence-corrected chi connectivity index (χ1v) is 8.73. The van der Waals surface area contributed by atoms with Crippen molar-refractivity contribution < 1.29 is 9.53 Å². The Morgan fingerprint density at radius 2 is 2.20 bits per heavy atom. The Morgan fingerprint density at radius 1 is 1.35 bits per heavy atom. The fraction of sp³-hybridized carbons (Fsp3) is 0.588. The molecule has 0 bridgehead atoms. The summed E-state index contributed by atoms with van der Waals surface area (Å²) in [4.78, 5) is 12.2.